The molecule has 126 valence electrons. The highest BCUT2D eigenvalue weighted by Crippen LogP contribution is 2.17. The van der Waals surface area contributed by atoms with Crippen molar-refractivity contribution in [3.8, 4) is 0 Å². The fraction of sp³-hybridized carbons (Fsp3) is 0.389. The molecular weight excluding hydrogens is 302 g/mol. The van der Waals surface area contributed by atoms with E-state index in [4.69, 9.17) is 0 Å². The molecule has 3 aromatic rings. The summed E-state index contributed by atoms with van der Waals surface area (Å²) in [5, 5.41) is 8.19. The Bertz CT molecular complexity index is 862. The molecule has 0 bridgehead atoms. The maximum Gasteiger partial charge on any atom is 0.272 e. The van der Waals surface area contributed by atoms with Crippen LogP contribution in [0.1, 0.15) is 35.4 Å². The quantitative estimate of drug-likeness (QED) is 0.757. The highest BCUT2D eigenvalue weighted by molar-refractivity contribution is 6.04. The molecule has 1 amide bonds. The molecule has 1 N–H and O–H groups in total. The third-order valence-corrected chi connectivity index (χ3v) is 4.19. The van der Waals surface area contributed by atoms with Crippen molar-refractivity contribution in [2.45, 2.75) is 33.2 Å². The van der Waals surface area contributed by atoms with Crippen molar-refractivity contribution in [2.75, 3.05) is 6.54 Å². The van der Waals surface area contributed by atoms with E-state index in [1.807, 2.05) is 37.5 Å². The number of hydrogen-bond acceptors (Lipinski definition) is 3. The highest BCUT2D eigenvalue weighted by atomic mass is 16.1. The standard InChI is InChI=1S/C18H23N5O/c1-4-11-23-13(2)12-20-16(23)9-10-19-18(24)17-14-7-5-6-8-15(14)22(3)21-17/h5-8,12H,4,9-11H2,1-3H3,(H,19,24). The van der Waals surface area contributed by atoms with E-state index in [-0.39, 0.29) is 5.91 Å². The van der Waals surface area contributed by atoms with Gasteiger partial charge in [0.2, 0.25) is 0 Å². The number of fused-ring (bicyclic) bond motifs is 1. The molecule has 2 aromatic heterocycles. The van der Waals surface area contributed by atoms with Gasteiger partial charge in [0.25, 0.3) is 5.91 Å². The van der Waals surface area contributed by atoms with Crippen molar-refractivity contribution < 1.29 is 4.79 Å². The van der Waals surface area contributed by atoms with E-state index in [1.54, 1.807) is 4.68 Å². The van der Waals surface area contributed by atoms with Gasteiger partial charge in [-0.15, -0.1) is 0 Å². The van der Waals surface area contributed by atoms with Crippen LogP contribution < -0.4 is 5.32 Å². The number of benzene rings is 1. The lowest BCUT2D eigenvalue weighted by molar-refractivity contribution is 0.0949. The highest BCUT2D eigenvalue weighted by Gasteiger charge is 2.15. The average molecular weight is 325 g/mol. The summed E-state index contributed by atoms with van der Waals surface area (Å²) in [4.78, 5) is 16.9. The summed E-state index contributed by atoms with van der Waals surface area (Å²) < 4.78 is 3.95. The molecule has 0 fully saturated rings. The molecule has 2 heterocycles. The summed E-state index contributed by atoms with van der Waals surface area (Å²) in [6, 6.07) is 7.75. The van der Waals surface area contributed by atoms with Crippen LogP contribution in [0.25, 0.3) is 10.9 Å². The zero-order valence-corrected chi connectivity index (χ0v) is 14.4. The normalized spacial score (nSPS) is 11.1. The van der Waals surface area contributed by atoms with Gasteiger partial charge in [-0.1, -0.05) is 25.1 Å². The predicted octanol–water partition coefficient (Wildman–Crippen LogP) is 2.46. The van der Waals surface area contributed by atoms with Crippen LogP contribution >= 0.6 is 0 Å². The van der Waals surface area contributed by atoms with E-state index < -0.39 is 0 Å². The van der Waals surface area contributed by atoms with Gasteiger partial charge in [-0.25, -0.2) is 4.98 Å². The van der Waals surface area contributed by atoms with Crippen molar-refractivity contribution >= 4 is 16.8 Å². The molecule has 0 spiro atoms. The Kier molecular flexibility index (Phi) is 4.64. The van der Waals surface area contributed by atoms with Gasteiger partial charge in [-0.3, -0.25) is 9.48 Å². The second kappa shape index (κ2) is 6.86. The molecule has 0 unspecified atom stereocenters. The number of rotatable bonds is 6. The smallest absolute Gasteiger partial charge is 0.272 e. The number of carbonyl (C=O) groups is 1. The van der Waals surface area contributed by atoms with E-state index in [0.717, 1.165) is 35.4 Å². The lowest BCUT2D eigenvalue weighted by Gasteiger charge is -2.09. The minimum absolute atomic E-state index is 0.142. The Balaban J connectivity index is 1.68. The monoisotopic (exact) mass is 325 g/mol. The molecule has 1 aromatic carbocycles. The van der Waals surface area contributed by atoms with Crippen LogP contribution in [0.4, 0.5) is 0 Å². The lowest BCUT2D eigenvalue weighted by atomic mass is 10.2. The molecule has 0 aliphatic rings. The summed E-state index contributed by atoms with van der Waals surface area (Å²) >= 11 is 0. The van der Waals surface area contributed by atoms with Gasteiger partial charge in [0, 0.05) is 43.8 Å². The van der Waals surface area contributed by atoms with Crippen molar-refractivity contribution in [2.24, 2.45) is 7.05 Å². The molecular formula is C18H23N5O. The number of aromatic nitrogens is 4. The van der Waals surface area contributed by atoms with Gasteiger partial charge in [0.05, 0.1) is 5.52 Å². The molecule has 0 saturated heterocycles. The first-order valence-electron chi connectivity index (χ1n) is 8.32. The Hall–Kier alpha value is -2.63. The second-order valence-electron chi connectivity index (χ2n) is 5.96. The molecule has 0 atom stereocenters. The maximum absolute atomic E-state index is 12.5. The second-order valence-corrected chi connectivity index (χ2v) is 5.96. The van der Waals surface area contributed by atoms with Gasteiger partial charge >= 0.3 is 0 Å². The topological polar surface area (TPSA) is 64.7 Å². The molecule has 0 radical (unpaired) electrons. The number of imidazole rings is 1. The zero-order chi connectivity index (χ0) is 17.1. The first-order valence-corrected chi connectivity index (χ1v) is 8.32. The Morgan fingerprint density at radius 2 is 2.08 bits per heavy atom. The summed E-state index contributed by atoms with van der Waals surface area (Å²) in [7, 11) is 1.85. The van der Waals surface area contributed by atoms with Crippen LogP contribution in [0.2, 0.25) is 0 Å². The molecule has 6 nitrogen and oxygen atoms in total. The van der Waals surface area contributed by atoms with Gasteiger partial charge in [0.15, 0.2) is 5.69 Å². The van der Waals surface area contributed by atoms with Gasteiger partial charge in [-0.05, 0) is 19.4 Å². The molecule has 24 heavy (non-hydrogen) atoms. The fourth-order valence-corrected chi connectivity index (χ4v) is 2.99. The van der Waals surface area contributed by atoms with Crippen LogP contribution in [-0.4, -0.2) is 31.8 Å². The van der Waals surface area contributed by atoms with Gasteiger partial charge in [-0.2, -0.15) is 5.10 Å². The van der Waals surface area contributed by atoms with Crippen molar-refractivity contribution in [3.63, 3.8) is 0 Å². The van der Waals surface area contributed by atoms with Crippen molar-refractivity contribution in [3.05, 3.63) is 47.7 Å². The number of nitrogens with zero attached hydrogens (tertiary/aromatic N) is 4. The Morgan fingerprint density at radius 3 is 2.88 bits per heavy atom. The number of amides is 1. The third-order valence-electron chi connectivity index (χ3n) is 4.19. The van der Waals surface area contributed by atoms with Gasteiger partial charge in [0.1, 0.15) is 5.82 Å². The fourth-order valence-electron chi connectivity index (χ4n) is 2.99. The summed E-state index contributed by atoms with van der Waals surface area (Å²) in [5.74, 6) is 0.873. The number of para-hydroxylation sites is 1. The molecule has 0 aliphatic carbocycles. The summed E-state index contributed by atoms with van der Waals surface area (Å²) in [6.45, 7) is 5.71. The van der Waals surface area contributed by atoms with Crippen LogP contribution in [-0.2, 0) is 20.0 Å². The number of hydrogen-bond donors (Lipinski definition) is 1. The lowest BCUT2D eigenvalue weighted by Crippen LogP contribution is -2.27. The minimum Gasteiger partial charge on any atom is -0.350 e. The molecule has 6 heteroatoms. The van der Waals surface area contributed by atoms with Crippen LogP contribution in [0.5, 0.6) is 0 Å². The van der Waals surface area contributed by atoms with Crippen molar-refractivity contribution in [1.82, 2.24) is 24.6 Å². The largest absolute Gasteiger partial charge is 0.350 e. The maximum atomic E-state index is 12.5. The summed E-state index contributed by atoms with van der Waals surface area (Å²) in [6.07, 6.45) is 3.67. The first kappa shape index (κ1) is 16.2. The van der Waals surface area contributed by atoms with E-state index in [9.17, 15) is 4.79 Å². The Labute approximate surface area is 141 Å². The van der Waals surface area contributed by atoms with Crippen LogP contribution in [0.15, 0.2) is 30.5 Å². The molecule has 3 rings (SSSR count). The predicted molar refractivity (Wildman–Crippen MR) is 94.0 cm³/mol. The van der Waals surface area contributed by atoms with Gasteiger partial charge < -0.3 is 9.88 Å². The minimum atomic E-state index is -0.142. The Morgan fingerprint density at radius 1 is 1.29 bits per heavy atom. The van der Waals surface area contributed by atoms with Crippen LogP contribution in [0, 0.1) is 6.92 Å². The van der Waals surface area contributed by atoms with E-state index in [2.05, 4.69) is 33.8 Å². The van der Waals surface area contributed by atoms with E-state index in [1.165, 1.54) is 0 Å². The number of nitrogens with one attached hydrogen (secondary N) is 1. The third kappa shape index (κ3) is 3.04. The molecule has 0 saturated carbocycles. The zero-order valence-electron chi connectivity index (χ0n) is 14.4. The van der Waals surface area contributed by atoms with E-state index >= 15 is 0 Å². The van der Waals surface area contributed by atoms with Crippen molar-refractivity contribution in [1.29, 1.82) is 0 Å². The first-order chi connectivity index (χ1) is 11.6. The van der Waals surface area contributed by atoms with Crippen LogP contribution in [0.3, 0.4) is 0 Å². The number of aryl methyl sites for hydroxylation is 2. The summed E-state index contributed by atoms with van der Waals surface area (Å²) in [5.41, 5.74) is 2.59. The SMILES string of the molecule is CCCn1c(C)cnc1CCNC(=O)c1nn(C)c2ccccc12. The van der Waals surface area contributed by atoms with E-state index in [0.29, 0.717) is 18.7 Å². The average Bonchev–Trinajstić information content (AvgIpc) is 3.10. The number of carbonyl (C=O) groups excluding carboxylic acids is 1. The molecule has 0 aliphatic heterocycles.